The number of carbonyl (C=O) groups excluding carboxylic acids is 2. The molecular weight excluding hydrogens is 529 g/mol. The van der Waals surface area contributed by atoms with Crippen LogP contribution in [0.25, 0.3) is 0 Å². The summed E-state index contributed by atoms with van der Waals surface area (Å²) in [6, 6.07) is 8.48. The van der Waals surface area contributed by atoms with Crippen molar-refractivity contribution in [3.05, 3.63) is 29.8 Å². The number of likely N-dealkylation sites (tertiary alicyclic amines) is 1. The highest BCUT2D eigenvalue weighted by Crippen LogP contribution is 2.28. The standard InChI is InChI=1S/C25H39N5O2.HI/c1-4-19(5-2)24(32)29-16-13-21(14-17-29)28-25(26-3)27-15-8-11-23(31)30-18-12-20-9-6-7-10-22(20)30;/h6-7,9-10,19,21H,4-5,8,11-18H2,1-3H3,(H2,26,27,28);1H. The van der Waals surface area contributed by atoms with E-state index in [0.717, 1.165) is 69.8 Å². The van der Waals surface area contributed by atoms with Crippen LogP contribution in [-0.2, 0) is 16.0 Å². The van der Waals surface area contributed by atoms with E-state index >= 15 is 0 Å². The molecule has 0 aliphatic carbocycles. The molecule has 0 saturated carbocycles. The Hall–Kier alpha value is -1.84. The molecule has 7 nitrogen and oxygen atoms in total. The molecule has 0 atom stereocenters. The number of rotatable bonds is 8. The number of fused-ring (bicyclic) bond motifs is 1. The number of halogens is 1. The number of amides is 2. The summed E-state index contributed by atoms with van der Waals surface area (Å²) in [5, 5.41) is 6.82. The van der Waals surface area contributed by atoms with Gasteiger partial charge in [0.05, 0.1) is 0 Å². The van der Waals surface area contributed by atoms with Gasteiger partial charge < -0.3 is 20.4 Å². The third-order valence-electron chi connectivity index (χ3n) is 6.75. The molecule has 2 aliphatic rings. The molecule has 2 N–H and O–H groups in total. The molecule has 8 heteroatoms. The Morgan fingerprint density at radius 3 is 2.48 bits per heavy atom. The number of hydrogen-bond acceptors (Lipinski definition) is 3. The van der Waals surface area contributed by atoms with Crippen LogP contribution in [-0.4, -0.2) is 61.9 Å². The van der Waals surface area contributed by atoms with Crippen LogP contribution in [0.4, 0.5) is 5.69 Å². The van der Waals surface area contributed by atoms with E-state index < -0.39 is 0 Å². The van der Waals surface area contributed by atoms with E-state index in [1.807, 2.05) is 28.0 Å². The van der Waals surface area contributed by atoms with Crippen molar-refractivity contribution in [2.75, 3.05) is 38.1 Å². The Balaban J connectivity index is 0.00000385. The second-order valence-electron chi connectivity index (χ2n) is 8.78. The Labute approximate surface area is 215 Å². The number of aliphatic imine (C=N–C) groups is 1. The van der Waals surface area contributed by atoms with Crippen molar-refractivity contribution in [1.29, 1.82) is 0 Å². The van der Waals surface area contributed by atoms with E-state index in [2.05, 4.69) is 35.5 Å². The molecular formula is C25H40IN5O2. The smallest absolute Gasteiger partial charge is 0.227 e. The largest absolute Gasteiger partial charge is 0.356 e. The molecule has 0 spiro atoms. The lowest BCUT2D eigenvalue weighted by Crippen LogP contribution is -2.50. The third kappa shape index (κ3) is 7.32. The highest BCUT2D eigenvalue weighted by Gasteiger charge is 2.27. The zero-order valence-electron chi connectivity index (χ0n) is 20.3. The normalized spacial score (nSPS) is 16.4. The number of benzene rings is 1. The monoisotopic (exact) mass is 569 g/mol. The van der Waals surface area contributed by atoms with Crippen LogP contribution in [0.3, 0.4) is 0 Å². The number of hydrogen-bond donors (Lipinski definition) is 2. The molecule has 0 unspecified atom stereocenters. The van der Waals surface area contributed by atoms with Gasteiger partial charge in [-0.15, -0.1) is 24.0 Å². The molecule has 1 saturated heterocycles. The summed E-state index contributed by atoms with van der Waals surface area (Å²) in [6.45, 7) is 7.27. The van der Waals surface area contributed by atoms with Gasteiger partial charge in [0.15, 0.2) is 5.96 Å². The minimum absolute atomic E-state index is 0. The Kier molecular flexibility index (Phi) is 11.4. The molecule has 184 valence electrons. The van der Waals surface area contributed by atoms with Crippen LogP contribution in [0.5, 0.6) is 0 Å². The fourth-order valence-corrected chi connectivity index (χ4v) is 4.71. The van der Waals surface area contributed by atoms with Crippen LogP contribution in [0.2, 0.25) is 0 Å². The summed E-state index contributed by atoms with van der Waals surface area (Å²) in [7, 11) is 1.77. The summed E-state index contributed by atoms with van der Waals surface area (Å²) in [6.07, 6.45) is 5.92. The van der Waals surface area contributed by atoms with E-state index in [1.165, 1.54) is 5.56 Å². The average molecular weight is 570 g/mol. The van der Waals surface area contributed by atoms with Crippen molar-refractivity contribution in [3.63, 3.8) is 0 Å². The second kappa shape index (κ2) is 13.8. The van der Waals surface area contributed by atoms with E-state index in [4.69, 9.17) is 0 Å². The van der Waals surface area contributed by atoms with E-state index in [0.29, 0.717) is 24.9 Å². The first-order valence-electron chi connectivity index (χ1n) is 12.2. The number of nitrogens with one attached hydrogen (secondary N) is 2. The maximum absolute atomic E-state index is 12.6. The van der Waals surface area contributed by atoms with E-state index in [-0.39, 0.29) is 35.8 Å². The summed E-state index contributed by atoms with van der Waals surface area (Å²) >= 11 is 0. The molecule has 2 heterocycles. The predicted molar refractivity (Wildman–Crippen MR) is 145 cm³/mol. The van der Waals surface area contributed by atoms with Gasteiger partial charge in [-0.1, -0.05) is 32.0 Å². The fourth-order valence-electron chi connectivity index (χ4n) is 4.71. The molecule has 1 fully saturated rings. The lowest BCUT2D eigenvalue weighted by Gasteiger charge is -2.34. The van der Waals surface area contributed by atoms with Crippen LogP contribution in [0, 0.1) is 5.92 Å². The first-order chi connectivity index (χ1) is 15.6. The Morgan fingerprint density at radius 1 is 1.12 bits per heavy atom. The van der Waals surface area contributed by atoms with Crippen molar-refractivity contribution in [2.24, 2.45) is 10.9 Å². The van der Waals surface area contributed by atoms with E-state index in [9.17, 15) is 9.59 Å². The molecule has 33 heavy (non-hydrogen) atoms. The Bertz CT molecular complexity index is 804. The Morgan fingerprint density at radius 2 is 1.82 bits per heavy atom. The zero-order valence-corrected chi connectivity index (χ0v) is 22.6. The van der Waals surface area contributed by atoms with Gasteiger partial charge in [0.25, 0.3) is 0 Å². The van der Waals surface area contributed by atoms with Crippen molar-refractivity contribution < 1.29 is 9.59 Å². The van der Waals surface area contributed by atoms with Gasteiger partial charge in [-0.25, -0.2) is 0 Å². The number of para-hydroxylation sites is 1. The van der Waals surface area contributed by atoms with Gasteiger partial charge in [0.2, 0.25) is 11.8 Å². The minimum atomic E-state index is 0. The summed E-state index contributed by atoms with van der Waals surface area (Å²) in [5.41, 5.74) is 2.33. The van der Waals surface area contributed by atoms with Crippen molar-refractivity contribution >= 4 is 47.4 Å². The lowest BCUT2D eigenvalue weighted by molar-refractivity contribution is -0.136. The van der Waals surface area contributed by atoms with Crippen molar-refractivity contribution in [1.82, 2.24) is 15.5 Å². The molecule has 0 radical (unpaired) electrons. The van der Waals surface area contributed by atoms with Gasteiger partial charge in [-0.2, -0.15) is 0 Å². The predicted octanol–water partition coefficient (Wildman–Crippen LogP) is 3.57. The zero-order chi connectivity index (χ0) is 22.9. The highest BCUT2D eigenvalue weighted by molar-refractivity contribution is 14.0. The van der Waals surface area contributed by atoms with Crippen molar-refractivity contribution in [2.45, 2.75) is 64.8 Å². The number of piperidine rings is 1. The first kappa shape index (κ1) is 27.4. The molecule has 2 amide bonds. The van der Waals surface area contributed by atoms with Gasteiger partial charge >= 0.3 is 0 Å². The van der Waals surface area contributed by atoms with Crippen LogP contribution >= 0.6 is 24.0 Å². The second-order valence-corrected chi connectivity index (χ2v) is 8.78. The quantitative estimate of drug-likeness (QED) is 0.217. The van der Waals surface area contributed by atoms with Gasteiger partial charge in [0.1, 0.15) is 0 Å². The number of anilines is 1. The molecule has 0 aromatic heterocycles. The molecule has 3 rings (SSSR count). The summed E-state index contributed by atoms with van der Waals surface area (Å²) < 4.78 is 0. The number of guanidine groups is 1. The molecule has 2 aliphatic heterocycles. The fraction of sp³-hybridized carbons (Fsp3) is 0.640. The van der Waals surface area contributed by atoms with Gasteiger partial charge in [0, 0.05) is 57.3 Å². The molecule has 1 aromatic rings. The van der Waals surface area contributed by atoms with Crippen LogP contribution < -0.4 is 15.5 Å². The number of nitrogens with zero attached hydrogens (tertiary/aromatic N) is 3. The average Bonchev–Trinajstić information content (AvgIpc) is 3.26. The summed E-state index contributed by atoms with van der Waals surface area (Å²) in [4.78, 5) is 33.5. The van der Waals surface area contributed by atoms with Gasteiger partial charge in [-0.3, -0.25) is 14.6 Å². The highest BCUT2D eigenvalue weighted by atomic mass is 127. The molecule has 1 aromatic carbocycles. The molecule has 0 bridgehead atoms. The van der Waals surface area contributed by atoms with Crippen LogP contribution in [0.1, 0.15) is 57.9 Å². The van der Waals surface area contributed by atoms with Gasteiger partial charge in [-0.05, 0) is 50.2 Å². The van der Waals surface area contributed by atoms with Crippen molar-refractivity contribution in [3.8, 4) is 0 Å². The first-order valence-corrected chi connectivity index (χ1v) is 12.2. The van der Waals surface area contributed by atoms with Crippen LogP contribution in [0.15, 0.2) is 29.3 Å². The SMILES string of the molecule is CCC(CC)C(=O)N1CCC(NC(=NC)NCCCC(=O)N2CCc3ccccc32)CC1.I. The number of carbonyl (C=O) groups is 2. The third-order valence-corrected chi connectivity index (χ3v) is 6.75. The topological polar surface area (TPSA) is 77.0 Å². The minimum Gasteiger partial charge on any atom is -0.356 e. The van der Waals surface area contributed by atoms with E-state index in [1.54, 1.807) is 7.05 Å². The maximum Gasteiger partial charge on any atom is 0.227 e. The lowest BCUT2D eigenvalue weighted by atomic mass is 9.98. The summed E-state index contributed by atoms with van der Waals surface area (Å²) in [5.74, 6) is 1.43. The maximum atomic E-state index is 12.6.